The number of nitrogens with one attached hydrogen (secondary N) is 2. The standard InChI is InChI=1S/C19H35N3O2/c1-18(2)15-22(11-12-24-18)19(8-4-3-5-9-19)14-21-17(23)16-7-6-10-20-13-16/h16,20H,3-15H2,1-2H3,(H,21,23). The first kappa shape index (κ1) is 18.2. The van der Waals surface area contributed by atoms with Gasteiger partial charge in [-0.15, -0.1) is 0 Å². The van der Waals surface area contributed by atoms with E-state index in [1.54, 1.807) is 0 Å². The van der Waals surface area contributed by atoms with Crippen LogP contribution in [-0.2, 0) is 9.53 Å². The Morgan fingerprint density at radius 3 is 2.71 bits per heavy atom. The molecule has 3 fully saturated rings. The molecule has 0 aromatic carbocycles. The number of morpholine rings is 1. The van der Waals surface area contributed by atoms with E-state index >= 15 is 0 Å². The zero-order valence-electron chi connectivity index (χ0n) is 15.5. The molecule has 0 bridgehead atoms. The third kappa shape index (κ3) is 4.30. The molecule has 3 aliphatic rings. The van der Waals surface area contributed by atoms with Crippen molar-refractivity contribution in [2.75, 3.05) is 39.3 Å². The molecule has 1 atom stereocenters. The molecule has 0 aromatic rings. The van der Waals surface area contributed by atoms with E-state index in [-0.39, 0.29) is 23.0 Å². The topological polar surface area (TPSA) is 53.6 Å². The number of piperidine rings is 1. The average Bonchev–Trinajstić information content (AvgIpc) is 2.60. The highest BCUT2D eigenvalue weighted by Crippen LogP contribution is 2.36. The van der Waals surface area contributed by atoms with Gasteiger partial charge in [-0.05, 0) is 46.1 Å². The summed E-state index contributed by atoms with van der Waals surface area (Å²) >= 11 is 0. The first-order valence-electron chi connectivity index (χ1n) is 9.88. The van der Waals surface area contributed by atoms with Crippen LogP contribution in [0.2, 0.25) is 0 Å². The smallest absolute Gasteiger partial charge is 0.224 e. The van der Waals surface area contributed by atoms with Crippen molar-refractivity contribution < 1.29 is 9.53 Å². The summed E-state index contributed by atoms with van der Waals surface area (Å²) in [4.78, 5) is 15.2. The number of rotatable bonds is 4. The van der Waals surface area contributed by atoms with Crippen molar-refractivity contribution in [2.24, 2.45) is 5.92 Å². The monoisotopic (exact) mass is 337 g/mol. The van der Waals surface area contributed by atoms with Crippen LogP contribution >= 0.6 is 0 Å². The second kappa shape index (κ2) is 7.71. The summed E-state index contributed by atoms with van der Waals surface area (Å²) in [7, 11) is 0. The molecule has 5 heteroatoms. The van der Waals surface area contributed by atoms with Gasteiger partial charge in [0.15, 0.2) is 0 Å². The number of ether oxygens (including phenoxy) is 1. The minimum atomic E-state index is -0.0833. The highest BCUT2D eigenvalue weighted by Gasteiger charge is 2.42. The van der Waals surface area contributed by atoms with Crippen LogP contribution in [0.4, 0.5) is 0 Å². The Hall–Kier alpha value is -0.650. The van der Waals surface area contributed by atoms with Crippen molar-refractivity contribution in [3.8, 4) is 0 Å². The molecule has 1 amide bonds. The van der Waals surface area contributed by atoms with Crippen LogP contribution in [0.3, 0.4) is 0 Å². The maximum Gasteiger partial charge on any atom is 0.224 e. The maximum atomic E-state index is 12.6. The lowest BCUT2D eigenvalue weighted by Gasteiger charge is -2.51. The third-order valence-corrected chi connectivity index (χ3v) is 6.14. The van der Waals surface area contributed by atoms with Gasteiger partial charge in [-0.1, -0.05) is 19.3 Å². The highest BCUT2D eigenvalue weighted by molar-refractivity contribution is 5.79. The zero-order valence-corrected chi connectivity index (χ0v) is 15.5. The summed E-state index contributed by atoms with van der Waals surface area (Å²) in [6.07, 6.45) is 8.42. The Kier molecular flexibility index (Phi) is 5.83. The molecular weight excluding hydrogens is 302 g/mol. The molecule has 1 saturated carbocycles. The molecule has 0 radical (unpaired) electrons. The predicted molar refractivity (Wildman–Crippen MR) is 96.0 cm³/mol. The van der Waals surface area contributed by atoms with Gasteiger partial charge in [-0.3, -0.25) is 9.69 Å². The van der Waals surface area contributed by atoms with Gasteiger partial charge >= 0.3 is 0 Å². The number of carbonyl (C=O) groups is 1. The molecule has 2 N–H and O–H groups in total. The number of carbonyl (C=O) groups excluding carboxylic acids is 1. The summed E-state index contributed by atoms with van der Waals surface area (Å²) in [6, 6.07) is 0. The molecule has 24 heavy (non-hydrogen) atoms. The Labute approximate surface area is 146 Å². The van der Waals surface area contributed by atoms with E-state index in [1.165, 1.54) is 32.1 Å². The second-order valence-electron chi connectivity index (χ2n) is 8.58. The normalized spacial score (nSPS) is 30.7. The summed E-state index contributed by atoms with van der Waals surface area (Å²) in [6.45, 7) is 9.82. The summed E-state index contributed by atoms with van der Waals surface area (Å²) in [5.74, 6) is 0.403. The quantitative estimate of drug-likeness (QED) is 0.823. The third-order valence-electron chi connectivity index (χ3n) is 6.14. The Morgan fingerprint density at radius 1 is 1.25 bits per heavy atom. The van der Waals surface area contributed by atoms with Gasteiger partial charge < -0.3 is 15.4 Å². The minimum absolute atomic E-state index is 0.0833. The van der Waals surface area contributed by atoms with Gasteiger partial charge in [-0.25, -0.2) is 0 Å². The largest absolute Gasteiger partial charge is 0.373 e. The highest BCUT2D eigenvalue weighted by atomic mass is 16.5. The number of hydrogen-bond donors (Lipinski definition) is 2. The molecule has 1 unspecified atom stereocenters. The zero-order chi connectivity index (χ0) is 17.0. The predicted octanol–water partition coefficient (Wildman–Crippen LogP) is 1.92. The fraction of sp³-hybridized carbons (Fsp3) is 0.947. The molecule has 2 saturated heterocycles. The minimum Gasteiger partial charge on any atom is -0.373 e. The lowest BCUT2D eigenvalue weighted by Crippen LogP contribution is -2.63. The summed E-state index contributed by atoms with van der Waals surface area (Å²) in [5, 5.41) is 6.68. The van der Waals surface area contributed by atoms with E-state index in [0.717, 1.165) is 52.2 Å². The van der Waals surface area contributed by atoms with Gasteiger partial charge in [0, 0.05) is 31.7 Å². The fourth-order valence-electron chi connectivity index (χ4n) is 4.71. The van der Waals surface area contributed by atoms with Gasteiger partial charge in [0.25, 0.3) is 0 Å². The summed E-state index contributed by atoms with van der Waals surface area (Å²) in [5.41, 5.74) is 0.0526. The van der Waals surface area contributed by atoms with Crippen LogP contribution in [0, 0.1) is 5.92 Å². The van der Waals surface area contributed by atoms with Gasteiger partial charge in [0.05, 0.1) is 18.1 Å². The Balaban J connectivity index is 1.63. The van der Waals surface area contributed by atoms with E-state index < -0.39 is 0 Å². The average molecular weight is 338 g/mol. The number of nitrogens with zero attached hydrogens (tertiary/aromatic N) is 1. The number of amides is 1. The van der Waals surface area contributed by atoms with E-state index in [2.05, 4.69) is 29.4 Å². The van der Waals surface area contributed by atoms with E-state index in [9.17, 15) is 4.79 Å². The molecule has 0 aromatic heterocycles. The Bertz CT molecular complexity index is 426. The molecular formula is C19H35N3O2. The van der Waals surface area contributed by atoms with Crippen molar-refractivity contribution in [1.29, 1.82) is 0 Å². The molecule has 2 aliphatic heterocycles. The maximum absolute atomic E-state index is 12.6. The van der Waals surface area contributed by atoms with Crippen LogP contribution < -0.4 is 10.6 Å². The van der Waals surface area contributed by atoms with Gasteiger partial charge in [0.1, 0.15) is 0 Å². The van der Waals surface area contributed by atoms with Crippen molar-refractivity contribution in [2.45, 2.75) is 69.9 Å². The molecule has 5 nitrogen and oxygen atoms in total. The lowest BCUT2D eigenvalue weighted by molar-refractivity contribution is -0.131. The molecule has 3 rings (SSSR count). The lowest BCUT2D eigenvalue weighted by atomic mass is 9.79. The summed E-state index contributed by atoms with van der Waals surface area (Å²) < 4.78 is 5.91. The second-order valence-corrected chi connectivity index (χ2v) is 8.58. The van der Waals surface area contributed by atoms with Crippen LogP contribution in [0.25, 0.3) is 0 Å². The SMILES string of the molecule is CC1(C)CN(C2(CNC(=O)C3CCCNC3)CCCCC2)CCO1. The van der Waals surface area contributed by atoms with Crippen LogP contribution in [-0.4, -0.2) is 61.3 Å². The molecule has 2 heterocycles. The van der Waals surface area contributed by atoms with E-state index in [1.807, 2.05) is 0 Å². The molecule has 138 valence electrons. The van der Waals surface area contributed by atoms with E-state index in [4.69, 9.17) is 4.74 Å². The van der Waals surface area contributed by atoms with Crippen molar-refractivity contribution >= 4 is 5.91 Å². The van der Waals surface area contributed by atoms with E-state index in [0.29, 0.717) is 0 Å². The first-order valence-corrected chi connectivity index (χ1v) is 9.88. The number of hydrogen-bond acceptors (Lipinski definition) is 4. The molecule has 0 spiro atoms. The van der Waals surface area contributed by atoms with Gasteiger partial charge in [0.2, 0.25) is 5.91 Å². The van der Waals surface area contributed by atoms with Crippen LogP contribution in [0.1, 0.15) is 58.8 Å². The van der Waals surface area contributed by atoms with Gasteiger partial charge in [-0.2, -0.15) is 0 Å². The van der Waals surface area contributed by atoms with Crippen molar-refractivity contribution in [3.05, 3.63) is 0 Å². The van der Waals surface area contributed by atoms with Crippen LogP contribution in [0.5, 0.6) is 0 Å². The van der Waals surface area contributed by atoms with Crippen LogP contribution in [0.15, 0.2) is 0 Å². The Morgan fingerprint density at radius 2 is 2.04 bits per heavy atom. The fourth-order valence-corrected chi connectivity index (χ4v) is 4.71. The molecule has 1 aliphatic carbocycles. The van der Waals surface area contributed by atoms with Crippen molar-refractivity contribution in [1.82, 2.24) is 15.5 Å². The first-order chi connectivity index (χ1) is 11.5. The van der Waals surface area contributed by atoms with Crippen molar-refractivity contribution in [3.63, 3.8) is 0 Å².